The first-order chi connectivity index (χ1) is 7.49. The molecule has 0 aliphatic heterocycles. The largest absolute Gasteiger partial charge is 0.481 e. The van der Waals surface area contributed by atoms with Crippen molar-refractivity contribution in [3.05, 3.63) is 0 Å². The molecule has 0 aromatic carbocycles. The standard InChI is InChI=1S/C11H20N2O3/c1-8(10(15)16)6-13-9(14)5-11(7-12)3-2-4-11/h8H,2-7,12H2,1H3,(H,13,14)(H,15,16). The van der Waals surface area contributed by atoms with Crippen molar-refractivity contribution < 1.29 is 14.7 Å². The lowest BCUT2D eigenvalue weighted by Crippen LogP contribution is -2.43. The number of carbonyl (C=O) groups is 2. The Morgan fingerprint density at radius 2 is 2.12 bits per heavy atom. The summed E-state index contributed by atoms with van der Waals surface area (Å²) in [6.07, 6.45) is 3.57. The Balaban J connectivity index is 2.28. The van der Waals surface area contributed by atoms with Crippen molar-refractivity contribution in [3.63, 3.8) is 0 Å². The number of nitrogens with two attached hydrogens (primary N) is 1. The Kier molecular flexibility index (Phi) is 4.29. The van der Waals surface area contributed by atoms with Crippen LogP contribution in [-0.2, 0) is 9.59 Å². The van der Waals surface area contributed by atoms with Gasteiger partial charge in [-0.1, -0.05) is 13.3 Å². The molecule has 0 aromatic heterocycles. The third-order valence-electron chi connectivity index (χ3n) is 3.41. The average molecular weight is 228 g/mol. The molecule has 0 aromatic rings. The van der Waals surface area contributed by atoms with Gasteiger partial charge in [0.1, 0.15) is 0 Å². The molecule has 1 amide bonds. The molecule has 1 rings (SSSR count). The van der Waals surface area contributed by atoms with Crippen molar-refractivity contribution in [2.45, 2.75) is 32.6 Å². The van der Waals surface area contributed by atoms with Gasteiger partial charge in [0.2, 0.25) is 5.91 Å². The Hall–Kier alpha value is -1.10. The van der Waals surface area contributed by atoms with Crippen molar-refractivity contribution in [1.29, 1.82) is 0 Å². The Morgan fingerprint density at radius 1 is 1.50 bits per heavy atom. The number of rotatable bonds is 6. The maximum atomic E-state index is 11.6. The molecule has 1 unspecified atom stereocenters. The van der Waals surface area contributed by atoms with Crippen molar-refractivity contribution in [2.75, 3.05) is 13.1 Å². The van der Waals surface area contributed by atoms with E-state index in [0.29, 0.717) is 13.0 Å². The molecule has 0 spiro atoms. The molecule has 16 heavy (non-hydrogen) atoms. The van der Waals surface area contributed by atoms with Gasteiger partial charge in [0, 0.05) is 13.0 Å². The van der Waals surface area contributed by atoms with Gasteiger partial charge in [-0.3, -0.25) is 9.59 Å². The second-order valence-electron chi connectivity index (χ2n) is 4.78. The van der Waals surface area contributed by atoms with Gasteiger partial charge < -0.3 is 16.2 Å². The summed E-state index contributed by atoms with van der Waals surface area (Å²) in [5.74, 6) is -1.52. The summed E-state index contributed by atoms with van der Waals surface area (Å²) in [7, 11) is 0. The second kappa shape index (κ2) is 5.30. The molecule has 0 bridgehead atoms. The smallest absolute Gasteiger partial charge is 0.308 e. The van der Waals surface area contributed by atoms with Gasteiger partial charge in [-0.05, 0) is 24.8 Å². The van der Waals surface area contributed by atoms with Crippen LogP contribution in [-0.4, -0.2) is 30.1 Å². The quantitative estimate of drug-likeness (QED) is 0.611. The Bertz CT molecular complexity index is 269. The van der Waals surface area contributed by atoms with Gasteiger partial charge in [-0.25, -0.2) is 0 Å². The fourth-order valence-electron chi connectivity index (χ4n) is 1.89. The van der Waals surface area contributed by atoms with E-state index < -0.39 is 11.9 Å². The molecule has 1 saturated carbocycles. The van der Waals surface area contributed by atoms with E-state index in [9.17, 15) is 9.59 Å². The highest BCUT2D eigenvalue weighted by atomic mass is 16.4. The first-order valence-electron chi connectivity index (χ1n) is 5.69. The van der Waals surface area contributed by atoms with E-state index >= 15 is 0 Å². The van der Waals surface area contributed by atoms with Crippen LogP contribution in [0.25, 0.3) is 0 Å². The lowest BCUT2D eigenvalue weighted by molar-refractivity contribution is -0.141. The molecule has 1 atom stereocenters. The van der Waals surface area contributed by atoms with Crippen molar-refractivity contribution in [1.82, 2.24) is 5.32 Å². The lowest BCUT2D eigenvalue weighted by atomic mass is 9.66. The summed E-state index contributed by atoms with van der Waals surface area (Å²) in [5.41, 5.74) is 5.63. The first-order valence-corrected chi connectivity index (χ1v) is 5.69. The molecule has 5 heteroatoms. The number of hydrogen-bond acceptors (Lipinski definition) is 3. The SMILES string of the molecule is CC(CNC(=O)CC1(CN)CCC1)C(=O)O. The molecule has 1 fully saturated rings. The van der Waals surface area contributed by atoms with Gasteiger partial charge in [-0.2, -0.15) is 0 Å². The minimum atomic E-state index is -0.891. The van der Waals surface area contributed by atoms with E-state index in [1.807, 2.05) is 0 Å². The third-order valence-corrected chi connectivity index (χ3v) is 3.41. The minimum Gasteiger partial charge on any atom is -0.481 e. The van der Waals surface area contributed by atoms with Crippen molar-refractivity contribution in [3.8, 4) is 0 Å². The number of carboxylic acids is 1. The van der Waals surface area contributed by atoms with Crippen LogP contribution < -0.4 is 11.1 Å². The number of carboxylic acid groups (broad SMARTS) is 1. The van der Waals surface area contributed by atoms with Crippen LogP contribution in [0.3, 0.4) is 0 Å². The topological polar surface area (TPSA) is 92.4 Å². The summed E-state index contributed by atoms with van der Waals surface area (Å²) < 4.78 is 0. The van der Waals surface area contributed by atoms with Gasteiger partial charge in [-0.15, -0.1) is 0 Å². The zero-order chi connectivity index (χ0) is 12.2. The summed E-state index contributed by atoms with van der Waals surface area (Å²) in [5, 5.41) is 11.3. The van der Waals surface area contributed by atoms with E-state index in [2.05, 4.69) is 5.32 Å². The highest BCUT2D eigenvalue weighted by Gasteiger charge is 2.37. The third kappa shape index (κ3) is 3.20. The first kappa shape index (κ1) is 13.0. The maximum Gasteiger partial charge on any atom is 0.308 e. The predicted octanol–water partition coefficient (Wildman–Crippen LogP) is 0.342. The minimum absolute atomic E-state index is 0.0173. The molecule has 5 nitrogen and oxygen atoms in total. The molecular weight excluding hydrogens is 208 g/mol. The number of amides is 1. The number of nitrogens with one attached hydrogen (secondary N) is 1. The van der Waals surface area contributed by atoms with E-state index in [1.165, 1.54) is 0 Å². The molecule has 0 saturated heterocycles. The van der Waals surface area contributed by atoms with Crippen LogP contribution in [0.2, 0.25) is 0 Å². The van der Waals surface area contributed by atoms with E-state index in [-0.39, 0.29) is 17.9 Å². The van der Waals surface area contributed by atoms with Gasteiger partial charge in [0.15, 0.2) is 0 Å². The molecule has 4 N–H and O–H groups in total. The Morgan fingerprint density at radius 3 is 2.50 bits per heavy atom. The summed E-state index contributed by atoms with van der Waals surface area (Å²) in [6.45, 7) is 2.30. The lowest BCUT2D eigenvalue weighted by Gasteiger charge is -2.40. The summed E-state index contributed by atoms with van der Waals surface area (Å²) in [6, 6.07) is 0. The van der Waals surface area contributed by atoms with Crippen LogP contribution in [0.5, 0.6) is 0 Å². The zero-order valence-corrected chi connectivity index (χ0v) is 9.66. The van der Waals surface area contributed by atoms with Gasteiger partial charge in [0.25, 0.3) is 0 Å². The molecule has 0 heterocycles. The van der Waals surface area contributed by atoms with Crippen LogP contribution in [0.15, 0.2) is 0 Å². The van der Waals surface area contributed by atoms with E-state index in [0.717, 1.165) is 19.3 Å². The van der Waals surface area contributed by atoms with Crippen LogP contribution in [0.4, 0.5) is 0 Å². The predicted molar refractivity (Wildman–Crippen MR) is 59.8 cm³/mol. The number of hydrogen-bond donors (Lipinski definition) is 3. The fraction of sp³-hybridized carbons (Fsp3) is 0.818. The molecule has 1 aliphatic rings. The van der Waals surface area contributed by atoms with E-state index in [4.69, 9.17) is 10.8 Å². The van der Waals surface area contributed by atoms with Crippen LogP contribution >= 0.6 is 0 Å². The molecule has 0 radical (unpaired) electrons. The highest BCUT2D eigenvalue weighted by molar-refractivity contribution is 5.78. The second-order valence-corrected chi connectivity index (χ2v) is 4.78. The van der Waals surface area contributed by atoms with Crippen molar-refractivity contribution in [2.24, 2.45) is 17.1 Å². The highest BCUT2D eigenvalue weighted by Crippen LogP contribution is 2.42. The molecular formula is C11H20N2O3. The summed E-state index contributed by atoms with van der Waals surface area (Å²) in [4.78, 5) is 22.1. The number of aliphatic carboxylic acids is 1. The molecule has 92 valence electrons. The normalized spacial score (nSPS) is 19.6. The number of carbonyl (C=O) groups excluding carboxylic acids is 1. The Labute approximate surface area is 95.4 Å². The van der Waals surface area contributed by atoms with Crippen LogP contribution in [0, 0.1) is 11.3 Å². The fourth-order valence-corrected chi connectivity index (χ4v) is 1.89. The van der Waals surface area contributed by atoms with Crippen LogP contribution in [0.1, 0.15) is 32.6 Å². The molecule has 1 aliphatic carbocycles. The maximum absolute atomic E-state index is 11.6. The zero-order valence-electron chi connectivity index (χ0n) is 9.66. The average Bonchev–Trinajstić information content (AvgIpc) is 2.19. The monoisotopic (exact) mass is 228 g/mol. The van der Waals surface area contributed by atoms with Crippen molar-refractivity contribution >= 4 is 11.9 Å². The summed E-state index contributed by atoms with van der Waals surface area (Å²) >= 11 is 0. The van der Waals surface area contributed by atoms with E-state index in [1.54, 1.807) is 6.92 Å². The van der Waals surface area contributed by atoms with Gasteiger partial charge >= 0.3 is 5.97 Å². The van der Waals surface area contributed by atoms with Gasteiger partial charge in [0.05, 0.1) is 5.92 Å².